The Balaban J connectivity index is 1.75. The van der Waals surface area contributed by atoms with Crippen LogP contribution < -0.4 is 16.4 Å². The topological polar surface area (TPSA) is 102 Å². The molecule has 2 heterocycles. The molecule has 0 radical (unpaired) electrons. The van der Waals surface area contributed by atoms with Crippen molar-refractivity contribution >= 4 is 11.8 Å². The van der Waals surface area contributed by atoms with Crippen LogP contribution >= 0.6 is 0 Å². The number of nitrogens with zero attached hydrogens (tertiary/aromatic N) is 2. The fraction of sp³-hybridized carbons (Fsp3) is 0.538. The van der Waals surface area contributed by atoms with Gasteiger partial charge in [0, 0.05) is 12.0 Å². The van der Waals surface area contributed by atoms with Gasteiger partial charge in [-0.15, -0.1) is 0 Å². The average molecular weight is 292 g/mol. The molecule has 2 unspecified atom stereocenters. The maximum Gasteiger partial charge on any atom is 0.268 e. The molecule has 8 nitrogen and oxygen atoms in total. The van der Waals surface area contributed by atoms with Crippen molar-refractivity contribution in [2.45, 2.75) is 37.8 Å². The van der Waals surface area contributed by atoms with Crippen molar-refractivity contribution in [2.75, 3.05) is 6.61 Å². The van der Waals surface area contributed by atoms with Crippen LogP contribution in [0.2, 0.25) is 0 Å². The summed E-state index contributed by atoms with van der Waals surface area (Å²) in [6, 6.07) is 1.61. The van der Waals surface area contributed by atoms with E-state index in [1.165, 1.54) is 6.07 Å². The highest BCUT2D eigenvalue weighted by atomic mass is 16.7. The first-order valence-electron chi connectivity index (χ1n) is 6.88. The van der Waals surface area contributed by atoms with E-state index in [4.69, 9.17) is 4.84 Å². The van der Waals surface area contributed by atoms with E-state index < -0.39 is 23.9 Å². The van der Waals surface area contributed by atoms with Crippen LogP contribution in [0.4, 0.5) is 0 Å². The molecular formula is C13H16N4O4. The van der Waals surface area contributed by atoms with Crippen LogP contribution in [0, 0.1) is 0 Å². The molecule has 21 heavy (non-hydrogen) atoms. The zero-order valence-electron chi connectivity index (χ0n) is 11.5. The molecule has 2 fully saturated rings. The Morgan fingerprint density at radius 1 is 1.48 bits per heavy atom. The number of rotatable bonds is 4. The van der Waals surface area contributed by atoms with E-state index in [2.05, 4.69) is 15.9 Å². The van der Waals surface area contributed by atoms with Gasteiger partial charge in [0.25, 0.3) is 11.5 Å². The van der Waals surface area contributed by atoms with Crippen molar-refractivity contribution in [3.8, 4) is 0 Å². The van der Waals surface area contributed by atoms with Crippen LogP contribution in [0.25, 0.3) is 0 Å². The third-order valence-electron chi connectivity index (χ3n) is 3.64. The monoisotopic (exact) mass is 292 g/mol. The summed E-state index contributed by atoms with van der Waals surface area (Å²) in [5.41, 5.74) is 2.65. The number of nitrogens with one attached hydrogen (secondary N) is 2. The summed E-state index contributed by atoms with van der Waals surface area (Å²) in [7, 11) is 0. The fourth-order valence-corrected chi connectivity index (χ4v) is 2.17. The van der Waals surface area contributed by atoms with Gasteiger partial charge >= 0.3 is 0 Å². The fourth-order valence-electron chi connectivity index (χ4n) is 2.17. The molecule has 1 aliphatic carbocycles. The third-order valence-corrected chi connectivity index (χ3v) is 3.64. The van der Waals surface area contributed by atoms with E-state index in [0.29, 0.717) is 5.92 Å². The molecular weight excluding hydrogens is 276 g/mol. The summed E-state index contributed by atoms with van der Waals surface area (Å²) in [5.74, 6) is -0.452. The molecule has 0 spiro atoms. The molecule has 2 N–H and O–H groups in total. The molecule has 8 heteroatoms. The molecule has 2 aliphatic rings. The van der Waals surface area contributed by atoms with Gasteiger partial charge in [0.15, 0.2) is 0 Å². The second-order valence-corrected chi connectivity index (χ2v) is 5.33. The van der Waals surface area contributed by atoms with Crippen LogP contribution in [0.15, 0.2) is 16.9 Å². The SMILES string of the molecule is CC(C(=O)NC1CONC1=O)n1nc(C2CC2)ccc1=O. The lowest BCUT2D eigenvalue weighted by Gasteiger charge is -2.16. The van der Waals surface area contributed by atoms with E-state index in [9.17, 15) is 14.4 Å². The van der Waals surface area contributed by atoms with Gasteiger partial charge in [-0.3, -0.25) is 19.2 Å². The number of hydrogen-bond donors (Lipinski definition) is 2. The Labute approximate surface area is 120 Å². The standard InChI is InChI=1S/C13H16N4O4/c1-7(12(19)14-10-6-21-16-13(10)20)17-11(18)5-4-9(15-17)8-2-3-8/h4-5,7-8,10H,2-3,6H2,1H3,(H,14,19)(H,16,20). The summed E-state index contributed by atoms with van der Waals surface area (Å²) < 4.78 is 1.16. The first-order valence-corrected chi connectivity index (χ1v) is 6.88. The molecule has 2 atom stereocenters. The molecule has 1 aliphatic heterocycles. The maximum atomic E-state index is 12.1. The summed E-state index contributed by atoms with van der Waals surface area (Å²) in [6.45, 7) is 1.65. The molecule has 1 saturated heterocycles. The highest BCUT2D eigenvalue weighted by molar-refractivity contribution is 5.89. The molecule has 112 valence electrons. The first kappa shape index (κ1) is 13.7. The predicted molar refractivity (Wildman–Crippen MR) is 71.2 cm³/mol. The van der Waals surface area contributed by atoms with Crippen LogP contribution in [-0.4, -0.2) is 34.2 Å². The van der Waals surface area contributed by atoms with Crippen LogP contribution in [-0.2, 0) is 14.4 Å². The van der Waals surface area contributed by atoms with Gasteiger partial charge in [-0.05, 0) is 25.8 Å². The van der Waals surface area contributed by atoms with Gasteiger partial charge in [-0.1, -0.05) is 0 Å². The highest BCUT2D eigenvalue weighted by Crippen LogP contribution is 2.38. The predicted octanol–water partition coefficient (Wildman–Crippen LogP) is -0.772. The van der Waals surface area contributed by atoms with Gasteiger partial charge in [0.1, 0.15) is 18.7 Å². The molecule has 1 saturated carbocycles. The van der Waals surface area contributed by atoms with E-state index >= 15 is 0 Å². The van der Waals surface area contributed by atoms with Gasteiger partial charge in [0.05, 0.1) is 5.69 Å². The summed E-state index contributed by atoms with van der Waals surface area (Å²) in [4.78, 5) is 40.1. The van der Waals surface area contributed by atoms with Crippen LogP contribution in [0.3, 0.4) is 0 Å². The van der Waals surface area contributed by atoms with Crippen molar-refractivity contribution in [3.05, 3.63) is 28.2 Å². The van der Waals surface area contributed by atoms with Crippen molar-refractivity contribution in [1.29, 1.82) is 0 Å². The summed E-state index contributed by atoms with van der Waals surface area (Å²) in [6.07, 6.45) is 2.12. The number of carbonyl (C=O) groups is 2. The lowest BCUT2D eigenvalue weighted by molar-refractivity contribution is -0.130. The van der Waals surface area contributed by atoms with Crippen molar-refractivity contribution in [1.82, 2.24) is 20.6 Å². The molecule has 1 aromatic heterocycles. The quantitative estimate of drug-likeness (QED) is 0.758. The number of aromatic nitrogens is 2. The molecule has 1 aromatic rings. The Bertz CT molecular complexity index is 637. The van der Waals surface area contributed by atoms with Crippen molar-refractivity contribution < 1.29 is 14.4 Å². The van der Waals surface area contributed by atoms with E-state index in [-0.39, 0.29) is 12.2 Å². The first-order chi connectivity index (χ1) is 10.1. The minimum Gasteiger partial charge on any atom is -0.340 e. The van der Waals surface area contributed by atoms with E-state index in [0.717, 1.165) is 23.2 Å². The molecule has 3 rings (SSSR count). The highest BCUT2D eigenvalue weighted by Gasteiger charge is 2.30. The second-order valence-electron chi connectivity index (χ2n) is 5.33. The number of carbonyl (C=O) groups excluding carboxylic acids is 2. The van der Waals surface area contributed by atoms with E-state index in [1.54, 1.807) is 13.0 Å². The maximum absolute atomic E-state index is 12.1. The van der Waals surface area contributed by atoms with Crippen molar-refractivity contribution in [3.63, 3.8) is 0 Å². The lowest BCUT2D eigenvalue weighted by Crippen LogP contribution is -2.46. The van der Waals surface area contributed by atoms with Crippen LogP contribution in [0.1, 0.15) is 37.4 Å². The molecule has 0 bridgehead atoms. The van der Waals surface area contributed by atoms with E-state index in [1.807, 2.05) is 0 Å². The normalized spacial score (nSPS) is 22.7. The molecule has 0 aromatic carbocycles. The lowest BCUT2D eigenvalue weighted by atomic mass is 10.2. The number of hydrogen-bond acceptors (Lipinski definition) is 5. The number of hydroxylamine groups is 1. The van der Waals surface area contributed by atoms with Crippen molar-refractivity contribution in [2.24, 2.45) is 0 Å². The van der Waals surface area contributed by atoms with Gasteiger partial charge in [-0.25, -0.2) is 10.2 Å². The van der Waals surface area contributed by atoms with Crippen LogP contribution in [0.5, 0.6) is 0 Å². The van der Waals surface area contributed by atoms with Gasteiger partial charge < -0.3 is 5.32 Å². The summed E-state index contributed by atoms with van der Waals surface area (Å²) in [5, 5.41) is 6.80. The Hall–Kier alpha value is -2.22. The number of amides is 2. The zero-order valence-corrected chi connectivity index (χ0v) is 11.5. The second kappa shape index (κ2) is 5.28. The largest absolute Gasteiger partial charge is 0.340 e. The minimum atomic E-state index is -0.787. The smallest absolute Gasteiger partial charge is 0.268 e. The average Bonchev–Trinajstić information content (AvgIpc) is 3.24. The Morgan fingerprint density at radius 2 is 2.24 bits per heavy atom. The summed E-state index contributed by atoms with van der Waals surface area (Å²) >= 11 is 0. The van der Waals surface area contributed by atoms with Gasteiger partial charge in [-0.2, -0.15) is 5.10 Å². The Morgan fingerprint density at radius 3 is 2.86 bits per heavy atom. The molecule has 2 amide bonds. The third kappa shape index (κ3) is 2.80. The zero-order chi connectivity index (χ0) is 15.0. The minimum absolute atomic E-state index is 0.0712. The van der Waals surface area contributed by atoms with Gasteiger partial charge in [0.2, 0.25) is 5.91 Å². The Kier molecular flexibility index (Phi) is 3.46.